The summed E-state index contributed by atoms with van der Waals surface area (Å²) in [6.45, 7) is 0. The van der Waals surface area contributed by atoms with Crippen molar-refractivity contribution >= 4 is 28.9 Å². The zero-order valence-electron chi connectivity index (χ0n) is 3.86. The van der Waals surface area contributed by atoms with Gasteiger partial charge in [-0.15, -0.1) is 0 Å². The summed E-state index contributed by atoms with van der Waals surface area (Å²) in [7, 11) is 0. The highest BCUT2D eigenvalue weighted by Gasteiger charge is 1.69. The normalized spacial score (nSPS) is 9.86. The standard InChI is InChI=1S/C5H6IO/c6-4-2-1-3-5-7/h1-2H,3-4H2. The van der Waals surface area contributed by atoms with Crippen LogP contribution in [-0.2, 0) is 4.79 Å². The molecule has 1 nitrogen and oxygen atoms in total. The van der Waals surface area contributed by atoms with Gasteiger partial charge in [-0.3, -0.25) is 4.79 Å². The van der Waals surface area contributed by atoms with Crippen LogP contribution in [0.25, 0.3) is 0 Å². The molecule has 0 saturated carbocycles. The smallest absolute Gasteiger partial charge is 0.202 e. The van der Waals surface area contributed by atoms with Gasteiger partial charge in [0.2, 0.25) is 6.29 Å². The molecule has 2 heteroatoms. The van der Waals surface area contributed by atoms with Crippen molar-refractivity contribution in [2.24, 2.45) is 0 Å². The molecule has 0 atom stereocenters. The van der Waals surface area contributed by atoms with Gasteiger partial charge in [-0.1, -0.05) is 34.7 Å². The van der Waals surface area contributed by atoms with Gasteiger partial charge in [-0.2, -0.15) is 0 Å². The van der Waals surface area contributed by atoms with Crippen molar-refractivity contribution in [3.8, 4) is 0 Å². The highest BCUT2D eigenvalue weighted by Crippen LogP contribution is 1.83. The van der Waals surface area contributed by atoms with Crippen LogP contribution in [0.2, 0.25) is 0 Å². The van der Waals surface area contributed by atoms with Gasteiger partial charge in [0.15, 0.2) is 0 Å². The summed E-state index contributed by atoms with van der Waals surface area (Å²) in [4.78, 5) is 9.50. The number of hydrogen-bond donors (Lipinski definition) is 0. The molecule has 0 aliphatic carbocycles. The summed E-state index contributed by atoms with van der Waals surface area (Å²) in [6.07, 6.45) is 5.94. The summed E-state index contributed by atoms with van der Waals surface area (Å²) < 4.78 is 0.972. The fourth-order valence-corrected chi connectivity index (χ4v) is 0.554. The van der Waals surface area contributed by atoms with E-state index in [1.165, 1.54) is 0 Å². The Bertz CT molecular complexity index is 68.5. The van der Waals surface area contributed by atoms with Gasteiger partial charge in [0.05, 0.1) is 0 Å². The van der Waals surface area contributed by atoms with E-state index in [9.17, 15) is 4.79 Å². The van der Waals surface area contributed by atoms with Gasteiger partial charge < -0.3 is 0 Å². The minimum atomic E-state index is 0.434. The molecule has 0 aromatic heterocycles. The molecule has 0 saturated heterocycles. The van der Waals surface area contributed by atoms with E-state index in [0.717, 1.165) is 4.43 Å². The number of hydrogen-bond acceptors (Lipinski definition) is 1. The summed E-state index contributed by atoms with van der Waals surface area (Å²) >= 11 is 2.21. The number of carbonyl (C=O) groups excluding carboxylic acids is 1. The van der Waals surface area contributed by atoms with Gasteiger partial charge in [0, 0.05) is 10.8 Å². The molecule has 0 aromatic carbocycles. The highest BCUT2D eigenvalue weighted by atomic mass is 127. The number of allylic oxidation sites excluding steroid dienone is 2. The van der Waals surface area contributed by atoms with Crippen molar-refractivity contribution in [2.75, 3.05) is 4.43 Å². The second kappa shape index (κ2) is 6.14. The van der Waals surface area contributed by atoms with Crippen LogP contribution < -0.4 is 0 Å². The fourth-order valence-electron chi connectivity index (χ4n) is 0.194. The van der Waals surface area contributed by atoms with Crippen LogP contribution in [0.1, 0.15) is 6.42 Å². The molecule has 0 heterocycles. The lowest BCUT2D eigenvalue weighted by molar-refractivity contribution is 0.556. The molecule has 1 radical (unpaired) electrons. The molecular weight excluding hydrogens is 203 g/mol. The van der Waals surface area contributed by atoms with Crippen LogP contribution in [0.3, 0.4) is 0 Å². The van der Waals surface area contributed by atoms with Crippen LogP contribution in [0.4, 0.5) is 0 Å². The summed E-state index contributed by atoms with van der Waals surface area (Å²) in [5, 5.41) is 0. The number of halogens is 1. The zero-order valence-corrected chi connectivity index (χ0v) is 6.01. The molecule has 0 aromatic rings. The molecule has 0 fully saturated rings. The number of alkyl halides is 1. The first-order valence-electron chi connectivity index (χ1n) is 1.97. The van der Waals surface area contributed by atoms with Crippen LogP contribution >= 0.6 is 22.6 Å². The second-order valence-corrected chi connectivity index (χ2v) is 1.85. The minimum Gasteiger partial charge on any atom is -0.291 e. The van der Waals surface area contributed by atoms with Crippen molar-refractivity contribution in [1.82, 2.24) is 0 Å². The van der Waals surface area contributed by atoms with Gasteiger partial charge in [-0.25, -0.2) is 0 Å². The van der Waals surface area contributed by atoms with E-state index < -0.39 is 0 Å². The Morgan fingerprint density at radius 2 is 2.29 bits per heavy atom. The lowest BCUT2D eigenvalue weighted by atomic mass is 10.4. The van der Waals surface area contributed by atoms with E-state index in [4.69, 9.17) is 0 Å². The Balaban J connectivity index is 2.92. The van der Waals surface area contributed by atoms with E-state index in [1.807, 2.05) is 6.08 Å². The summed E-state index contributed by atoms with van der Waals surface area (Å²) in [6, 6.07) is 0. The predicted molar refractivity (Wildman–Crippen MR) is 38.3 cm³/mol. The largest absolute Gasteiger partial charge is 0.291 e. The molecule has 0 rings (SSSR count). The Morgan fingerprint density at radius 1 is 1.57 bits per heavy atom. The molecule has 0 amide bonds. The maximum atomic E-state index is 9.50. The Morgan fingerprint density at radius 3 is 2.71 bits per heavy atom. The van der Waals surface area contributed by atoms with Crippen LogP contribution in [-0.4, -0.2) is 10.7 Å². The molecule has 0 unspecified atom stereocenters. The third-order valence-corrected chi connectivity index (χ3v) is 0.965. The Labute approximate surface area is 56.9 Å². The molecule has 0 aliphatic rings. The quantitative estimate of drug-likeness (QED) is 0.390. The van der Waals surface area contributed by atoms with Gasteiger partial charge in [0.25, 0.3) is 0 Å². The van der Waals surface area contributed by atoms with Crippen molar-refractivity contribution in [1.29, 1.82) is 0 Å². The van der Waals surface area contributed by atoms with Gasteiger partial charge in [0.1, 0.15) is 0 Å². The van der Waals surface area contributed by atoms with Crippen molar-refractivity contribution in [3.63, 3.8) is 0 Å². The Kier molecular flexibility index (Phi) is 6.26. The highest BCUT2D eigenvalue weighted by molar-refractivity contribution is 14.1. The van der Waals surface area contributed by atoms with Crippen LogP contribution in [0, 0.1) is 0 Å². The zero-order chi connectivity index (χ0) is 5.54. The van der Waals surface area contributed by atoms with Crippen molar-refractivity contribution in [3.05, 3.63) is 12.2 Å². The monoisotopic (exact) mass is 209 g/mol. The topological polar surface area (TPSA) is 17.1 Å². The second-order valence-electron chi connectivity index (χ2n) is 0.974. The number of rotatable bonds is 3. The average Bonchev–Trinajstić information content (AvgIpc) is 1.69. The lowest BCUT2D eigenvalue weighted by Gasteiger charge is -1.70. The summed E-state index contributed by atoms with van der Waals surface area (Å²) in [5.41, 5.74) is 0. The maximum Gasteiger partial charge on any atom is 0.202 e. The first kappa shape index (κ1) is 7.14. The van der Waals surface area contributed by atoms with E-state index in [2.05, 4.69) is 22.6 Å². The molecule has 7 heavy (non-hydrogen) atoms. The van der Waals surface area contributed by atoms with E-state index >= 15 is 0 Å². The first-order valence-corrected chi connectivity index (χ1v) is 3.50. The SMILES string of the molecule is O=[C]CC=CCI. The first-order chi connectivity index (χ1) is 3.41. The van der Waals surface area contributed by atoms with Crippen molar-refractivity contribution < 1.29 is 4.79 Å². The van der Waals surface area contributed by atoms with Gasteiger partial charge >= 0.3 is 0 Å². The molecule has 0 spiro atoms. The minimum absolute atomic E-state index is 0.434. The van der Waals surface area contributed by atoms with Crippen LogP contribution in [0.15, 0.2) is 12.2 Å². The average molecular weight is 209 g/mol. The molecular formula is C5H6IO. The lowest BCUT2D eigenvalue weighted by Crippen LogP contribution is -1.64. The summed E-state index contributed by atoms with van der Waals surface area (Å²) in [5.74, 6) is 0. The molecule has 39 valence electrons. The predicted octanol–water partition coefficient (Wildman–Crippen LogP) is 1.48. The van der Waals surface area contributed by atoms with Crippen molar-refractivity contribution in [2.45, 2.75) is 6.42 Å². The third kappa shape index (κ3) is 6.14. The van der Waals surface area contributed by atoms with E-state index in [0.29, 0.717) is 6.42 Å². The molecule has 0 N–H and O–H groups in total. The maximum absolute atomic E-state index is 9.50. The van der Waals surface area contributed by atoms with E-state index in [-0.39, 0.29) is 0 Å². The van der Waals surface area contributed by atoms with E-state index in [1.54, 1.807) is 12.4 Å². The van der Waals surface area contributed by atoms with Crippen LogP contribution in [0.5, 0.6) is 0 Å². The fraction of sp³-hybridized carbons (Fsp3) is 0.400. The Hall–Kier alpha value is 0.140. The molecule has 0 bridgehead atoms. The van der Waals surface area contributed by atoms with Gasteiger partial charge in [-0.05, 0) is 0 Å². The third-order valence-electron chi connectivity index (χ3n) is 0.457. The molecule has 0 aliphatic heterocycles.